The van der Waals surface area contributed by atoms with E-state index in [1.807, 2.05) is 0 Å². The topological polar surface area (TPSA) is 36.5 Å². The predicted octanol–water partition coefficient (Wildman–Crippen LogP) is 1.63. The number of piperazine rings is 1. The van der Waals surface area contributed by atoms with Gasteiger partial charge in [-0.2, -0.15) is 0 Å². The highest BCUT2D eigenvalue weighted by atomic mass is 16.5. The van der Waals surface area contributed by atoms with E-state index in [4.69, 9.17) is 4.74 Å². The average molecular weight is 263 g/mol. The summed E-state index contributed by atoms with van der Waals surface area (Å²) >= 11 is 0. The number of nitrogens with zero attached hydrogens (tertiary/aromatic N) is 1. The highest BCUT2D eigenvalue weighted by Gasteiger charge is 2.10. The number of rotatable bonds is 5. The zero-order valence-electron chi connectivity index (χ0n) is 12.3. The molecule has 19 heavy (non-hydrogen) atoms. The number of benzene rings is 1. The molecule has 2 N–H and O–H groups in total. The Hall–Kier alpha value is -1.26. The van der Waals surface area contributed by atoms with Crippen molar-refractivity contribution in [3.8, 4) is 5.75 Å². The van der Waals surface area contributed by atoms with E-state index in [9.17, 15) is 0 Å². The zero-order chi connectivity index (χ0) is 13.7. The Morgan fingerprint density at radius 2 is 2.00 bits per heavy atom. The van der Waals surface area contributed by atoms with Crippen LogP contribution in [0.15, 0.2) is 12.1 Å². The second-order valence-corrected chi connectivity index (χ2v) is 5.18. The molecule has 1 aliphatic rings. The molecule has 0 atom stereocenters. The standard InChI is InChI=1S/C15H25N3O/c1-12-10-13(2)15(19-3)14(11-12)17-6-9-18-7-4-16-5-8-18/h10-11,16-17H,4-9H2,1-3H3. The van der Waals surface area contributed by atoms with Crippen LogP contribution in [0.1, 0.15) is 11.1 Å². The van der Waals surface area contributed by atoms with E-state index in [0.29, 0.717) is 0 Å². The van der Waals surface area contributed by atoms with Crippen LogP contribution < -0.4 is 15.4 Å². The maximum absolute atomic E-state index is 5.49. The van der Waals surface area contributed by atoms with E-state index in [0.717, 1.165) is 50.7 Å². The summed E-state index contributed by atoms with van der Waals surface area (Å²) < 4.78 is 5.49. The molecule has 1 aliphatic heterocycles. The zero-order valence-corrected chi connectivity index (χ0v) is 12.3. The lowest BCUT2D eigenvalue weighted by molar-refractivity contribution is 0.249. The molecule has 4 nitrogen and oxygen atoms in total. The highest BCUT2D eigenvalue weighted by Crippen LogP contribution is 2.29. The molecule has 0 unspecified atom stereocenters. The molecule has 0 spiro atoms. The first-order valence-corrected chi connectivity index (χ1v) is 7.03. The summed E-state index contributed by atoms with van der Waals surface area (Å²) in [6.45, 7) is 10.7. The van der Waals surface area contributed by atoms with Gasteiger partial charge < -0.3 is 15.4 Å². The fourth-order valence-electron chi connectivity index (χ4n) is 2.64. The van der Waals surface area contributed by atoms with Crippen LogP contribution in [-0.4, -0.2) is 51.3 Å². The molecule has 0 saturated carbocycles. The summed E-state index contributed by atoms with van der Waals surface area (Å²) in [4.78, 5) is 2.48. The number of nitrogens with one attached hydrogen (secondary N) is 2. The van der Waals surface area contributed by atoms with Crippen LogP contribution in [0.5, 0.6) is 5.75 Å². The van der Waals surface area contributed by atoms with Crippen LogP contribution in [0.25, 0.3) is 0 Å². The number of methoxy groups -OCH3 is 1. The van der Waals surface area contributed by atoms with Crippen LogP contribution in [0, 0.1) is 13.8 Å². The van der Waals surface area contributed by atoms with Crippen LogP contribution in [0.3, 0.4) is 0 Å². The van der Waals surface area contributed by atoms with Gasteiger partial charge in [-0.05, 0) is 31.0 Å². The maximum atomic E-state index is 5.49. The fraction of sp³-hybridized carbons (Fsp3) is 0.600. The molecule has 4 heteroatoms. The number of aryl methyl sites for hydroxylation is 2. The summed E-state index contributed by atoms with van der Waals surface area (Å²) in [7, 11) is 1.74. The van der Waals surface area contributed by atoms with Gasteiger partial charge in [-0.25, -0.2) is 0 Å². The SMILES string of the molecule is COc1c(C)cc(C)cc1NCCN1CCNCC1. The third-order valence-corrected chi connectivity index (χ3v) is 3.58. The van der Waals surface area contributed by atoms with Crippen LogP contribution in [0.2, 0.25) is 0 Å². The Labute approximate surface area is 116 Å². The number of ether oxygens (including phenoxy) is 1. The largest absolute Gasteiger partial charge is 0.494 e. The lowest BCUT2D eigenvalue weighted by Crippen LogP contribution is -2.45. The Morgan fingerprint density at radius 3 is 2.68 bits per heavy atom. The van der Waals surface area contributed by atoms with E-state index in [1.165, 1.54) is 11.1 Å². The maximum Gasteiger partial charge on any atom is 0.144 e. The minimum absolute atomic E-state index is 0.958. The first kappa shape index (κ1) is 14.2. The molecular weight excluding hydrogens is 238 g/mol. The van der Waals surface area contributed by atoms with Crippen molar-refractivity contribution in [3.63, 3.8) is 0 Å². The van der Waals surface area contributed by atoms with Crippen molar-refractivity contribution in [2.24, 2.45) is 0 Å². The van der Waals surface area contributed by atoms with E-state index in [2.05, 4.69) is 41.5 Å². The highest BCUT2D eigenvalue weighted by molar-refractivity contribution is 5.61. The third-order valence-electron chi connectivity index (χ3n) is 3.58. The second-order valence-electron chi connectivity index (χ2n) is 5.18. The summed E-state index contributed by atoms with van der Waals surface area (Å²) in [6.07, 6.45) is 0. The van der Waals surface area contributed by atoms with E-state index >= 15 is 0 Å². The van der Waals surface area contributed by atoms with Crippen molar-refractivity contribution < 1.29 is 4.74 Å². The van der Waals surface area contributed by atoms with Crippen LogP contribution in [-0.2, 0) is 0 Å². The first-order valence-electron chi connectivity index (χ1n) is 7.03. The van der Waals surface area contributed by atoms with E-state index < -0.39 is 0 Å². The van der Waals surface area contributed by atoms with Crippen LogP contribution >= 0.6 is 0 Å². The van der Waals surface area contributed by atoms with Gasteiger partial charge in [-0.3, -0.25) is 4.90 Å². The summed E-state index contributed by atoms with van der Waals surface area (Å²) in [5.74, 6) is 0.964. The monoisotopic (exact) mass is 263 g/mol. The molecule has 0 aliphatic carbocycles. The van der Waals surface area contributed by atoms with Crippen molar-refractivity contribution in [2.75, 3.05) is 51.7 Å². The van der Waals surface area contributed by atoms with Gasteiger partial charge in [0.25, 0.3) is 0 Å². The molecule has 1 aromatic rings. The van der Waals surface area contributed by atoms with Gasteiger partial charge in [0.05, 0.1) is 12.8 Å². The van der Waals surface area contributed by atoms with Crippen molar-refractivity contribution >= 4 is 5.69 Å². The number of hydrogen-bond acceptors (Lipinski definition) is 4. The van der Waals surface area contributed by atoms with Crippen molar-refractivity contribution in [1.82, 2.24) is 10.2 Å². The van der Waals surface area contributed by atoms with Crippen molar-refractivity contribution in [2.45, 2.75) is 13.8 Å². The van der Waals surface area contributed by atoms with Crippen LogP contribution in [0.4, 0.5) is 5.69 Å². The molecular formula is C15H25N3O. The quantitative estimate of drug-likeness (QED) is 0.846. The Kier molecular flexibility index (Phi) is 5.05. The average Bonchev–Trinajstić information content (AvgIpc) is 2.39. The Morgan fingerprint density at radius 1 is 1.26 bits per heavy atom. The lowest BCUT2D eigenvalue weighted by Gasteiger charge is -2.27. The molecule has 1 fully saturated rings. The Bertz CT molecular complexity index is 414. The third kappa shape index (κ3) is 3.85. The van der Waals surface area contributed by atoms with E-state index in [1.54, 1.807) is 7.11 Å². The summed E-state index contributed by atoms with van der Waals surface area (Å²) in [5, 5.41) is 6.88. The lowest BCUT2D eigenvalue weighted by atomic mass is 10.1. The normalized spacial score (nSPS) is 16.4. The molecule has 0 amide bonds. The smallest absolute Gasteiger partial charge is 0.144 e. The van der Waals surface area contributed by atoms with Gasteiger partial charge >= 0.3 is 0 Å². The molecule has 1 heterocycles. The van der Waals surface area contributed by atoms with Crippen molar-refractivity contribution in [3.05, 3.63) is 23.3 Å². The predicted molar refractivity (Wildman–Crippen MR) is 80.3 cm³/mol. The summed E-state index contributed by atoms with van der Waals surface area (Å²) in [6, 6.07) is 4.31. The van der Waals surface area contributed by atoms with Gasteiger partial charge in [-0.1, -0.05) is 6.07 Å². The van der Waals surface area contributed by atoms with Gasteiger partial charge in [-0.15, -0.1) is 0 Å². The molecule has 1 saturated heterocycles. The summed E-state index contributed by atoms with van der Waals surface area (Å²) in [5.41, 5.74) is 3.56. The minimum Gasteiger partial charge on any atom is -0.494 e. The molecule has 2 rings (SSSR count). The molecule has 0 aromatic heterocycles. The van der Waals surface area contributed by atoms with Gasteiger partial charge in [0.1, 0.15) is 5.75 Å². The van der Waals surface area contributed by atoms with Crippen molar-refractivity contribution in [1.29, 1.82) is 0 Å². The fourth-order valence-corrected chi connectivity index (χ4v) is 2.64. The molecule has 0 radical (unpaired) electrons. The Balaban J connectivity index is 1.91. The van der Waals surface area contributed by atoms with Gasteiger partial charge in [0.2, 0.25) is 0 Å². The molecule has 0 bridgehead atoms. The van der Waals surface area contributed by atoms with E-state index in [-0.39, 0.29) is 0 Å². The second kappa shape index (κ2) is 6.78. The number of anilines is 1. The molecule has 106 valence electrons. The first-order chi connectivity index (χ1) is 9.20. The van der Waals surface area contributed by atoms with Gasteiger partial charge in [0.15, 0.2) is 0 Å². The molecule has 1 aromatic carbocycles. The number of hydrogen-bond donors (Lipinski definition) is 2. The van der Waals surface area contributed by atoms with Gasteiger partial charge in [0, 0.05) is 39.3 Å². The minimum atomic E-state index is 0.958.